The van der Waals surface area contributed by atoms with Gasteiger partial charge in [0.05, 0.1) is 52.7 Å². The Balaban J connectivity index is 0.00000495. The lowest BCUT2D eigenvalue weighted by Crippen LogP contribution is -2.67. The molecule has 2 saturated carbocycles. The molecule has 3 aliphatic heterocycles. The third-order valence-corrected chi connectivity index (χ3v) is 19.0. The van der Waals surface area contributed by atoms with Crippen LogP contribution in [0.3, 0.4) is 0 Å². The number of aryl methyl sites for hydroxylation is 1. The monoisotopic (exact) mass is 1140 g/mol. The summed E-state index contributed by atoms with van der Waals surface area (Å²) in [5, 5.41) is 19.8. The lowest BCUT2D eigenvalue weighted by molar-refractivity contribution is -0.259. The number of nitrogens with zero attached hydrogens (tertiary/aromatic N) is 9. The molecule has 1 unspecified atom stereocenters. The highest BCUT2D eigenvalue weighted by atomic mass is 32.1. The number of carbonyl (C=O) groups is 3. The predicted octanol–water partition coefficient (Wildman–Crippen LogP) is 7.03. The first-order valence-electron chi connectivity index (χ1n) is 29.8. The standard InChI is InChI=1S/C61H94N12O7S.2H2/c1-13-73-50-19-18-42(25-45(50)47(30-60(6,7)35-80-77)55(73)46-26-43(31-64-52(46)40(5)78-12)72-23-21-67(8)22-24-72)49-32-81-51(65-49)27-48(57(74)63-20-14-15-39(4)62)66-58(75)53(38(2)3)68(9)36-79-37-71-33-61(34-71)28-44(29-61)69(10)59(76)56-54(70(56)11)41-16-17-41;;/h18-19,25-26,31-32,38-41,44,48,53-54,56,77H,13-17,20-24,27-30,33-37,62H2,1-12H3,(H,63,74)(H,66,75);2*1H/t39-,40+,48+,53+,54-,56-,70?;;/m1../s1. The van der Waals surface area contributed by atoms with Gasteiger partial charge in [-0.3, -0.25) is 39.3 Å². The van der Waals surface area contributed by atoms with Crippen LogP contribution in [0.4, 0.5) is 5.69 Å². The minimum absolute atomic E-state index is 0. The molecule has 3 amide bonds. The second-order valence-corrected chi connectivity index (χ2v) is 26.8. The first-order chi connectivity index (χ1) is 38.6. The van der Waals surface area contributed by atoms with Gasteiger partial charge in [-0.1, -0.05) is 33.8 Å². The molecule has 2 aliphatic carbocycles. The summed E-state index contributed by atoms with van der Waals surface area (Å²) in [7, 11) is 9.86. The molecule has 20 heteroatoms. The number of amides is 3. The number of anilines is 1. The normalized spacial score (nSPS) is 22.0. The molecular formula is C61H98N12O7S. The second-order valence-electron chi connectivity index (χ2n) is 25.9. The number of thiazole rings is 1. The highest BCUT2D eigenvalue weighted by molar-refractivity contribution is 7.10. The minimum atomic E-state index is -0.879. The number of nitrogens with one attached hydrogen (secondary N) is 2. The Labute approximate surface area is 488 Å². The molecular weight excluding hydrogens is 1040 g/mol. The van der Waals surface area contributed by atoms with Crippen molar-refractivity contribution in [2.75, 3.05) is 106 Å². The Morgan fingerprint density at radius 2 is 1.77 bits per heavy atom. The highest BCUT2D eigenvalue weighted by Gasteiger charge is 2.60. The van der Waals surface area contributed by atoms with Crippen molar-refractivity contribution in [1.29, 1.82) is 0 Å². The van der Waals surface area contributed by atoms with Crippen LogP contribution in [-0.2, 0) is 48.1 Å². The number of fused-ring (bicyclic) bond motifs is 1. The summed E-state index contributed by atoms with van der Waals surface area (Å²) in [6, 6.07) is 8.17. The second kappa shape index (κ2) is 25.7. The van der Waals surface area contributed by atoms with Crippen LogP contribution in [0.5, 0.6) is 0 Å². The molecule has 3 saturated heterocycles. The third-order valence-electron chi connectivity index (χ3n) is 18.2. The molecule has 19 nitrogen and oxygen atoms in total. The quantitative estimate of drug-likeness (QED) is 0.0149. The Morgan fingerprint density at radius 3 is 2.42 bits per heavy atom. The van der Waals surface area contributed by atoms with Gasteiger partial charge in [0.15, 0.2) is 0 Å². The molecule has 6 heterocycles. The molecule has 5 aliphatic rings. The van der Waals surface area contributed by atoms with Crippen LogP contribution in [0, 0.1) is 22.7 Å². The molecule has 5 N–H and O–H groups in total. The molecule has 1 aromatic carbocycles. The van der Waals surface area contributed by atoms with Crippen LogP contribution in [0.1, 0.15) is 112 Å². The van der Waals surface area contributed by atoms with E-state index >= 15 is 0 Å². The number of hydrogen-bond donors (Lipinski definition) is 4. The Bertz CT molecular complexity index is 2830. The SMILES string of the molecule is CCn1c(-c2cc(N3CCN(C)CC3)cnc2[C@H](C)OC)c(CC(C)(C)COO)c2cc(-c3csc(C[C@H](NC(=O)[C@H](C(C)C)N(C)COCN4CC5(CC(N(C)C(=O)[C@H]6[C@@H](C7CC7)N6C)C5)C4)C(=O)NCCC[C@@H](C)N)n3)ccc21.[HH].[HH]. The number of likely N-dealkylation sites (N-methyl/N-ethyl adjacent to an activating group) is 4. The first kappa shape index (κ1) is 61.0. The number of benzene rings is 1. The van der Waals surface area contributed by atoms with Gasteiger partial charge < -0.3 is 45.1 Å². The average Bonchev–Trinajstić information content (AvgIpc) is 4.41. The molecule has 450 valence electrons. The zero-order valence-corrected chi connectivity index (χ0v) is 51.3. The van der Waals surface area contributed by atoms with Gasteiger partial charge in [-0.25, -0.2) is 9.87 Å². The number of hydrogen-bond acceptors (Lipinski definition) is 16. The van der Waals surface area contributed by atoms with Gasteiger partial charge >= 0.3 is 0 Å². The number of rotatable bonds is 28. The predicted molar refractivity (Wildman–Crippen MR) is 324 cm³/mol. The van der Waals surface area contributed by atoms with Crippen molar-refractivity contribution >= 4 is 45.6 Å². The van der Waals surface area contributed by atoms with E-state index in [4.69, 9.17) is 30.1 Å². The Morgan fingerprint density at radius 1 is 1.04 bits per heavy atom. The lowest BCUT2D eigenvalue weighted by atomic mass is 9.60. The van der Waals surface area contributed by atoms with E-state index < -0.39 is 17.5 Å². The fourth-order valence-corrected chi connectivity index (χ4v) is 14.2. The molecule has 9 rings (SSSR count). The van der Waals surface area contributed by atoms with Crippen LogP contribution in [0.25, 0.3) is 33.4 Å². The maximum absolute atomic E-state index is 14.5. The maximum Gasteiger partial charge on any atom is 0.243 e. The Hall–Kier alpha value is -4.61. The number of pyridine rings is 1. The number of aromatic nitrogens is 3. The zero-order valence-electron chi connectivity index (χ0n) is 50.5. The zero-order chi connectivity index (χ0) is 58.1. The number of nitrogens with two attached hydrogens (primary N) is 1. The smallest absolute Gasteiger partial charge is 0.243 e. The van der Waals surface area contributed by atoms with Gasteiger partial charge in [0.25, 0.3) is 0 Å². The van der Waals surface area contributed by atoms with E-state index in [0.717, 1.165) is 120 Å². The van der Waals surface area contributed by atoms with Gasteiger partial charge in [-0.15, -0.1) is 11.3 Å². The van der Waals surface area contributed by atoms with Gasteiger partial charge in [0.2, 0.25) is 17.7 Å². The van der Waals surface area contributed by atoms with Crippen LogP contribution in [-0.4, -0.2) is 199 Å². The fourth-order valence-electron chi connectivity index (χ4n) is 13.3. The van der Waals surface area contributed by atoms with Gasteiger partial charge in [0, 0.05) is 121 Å². The molecule has 5 fully saturated rings. The van der Waals surface area contributed by atoms with Crippen molar-refractivity contribution in [1.82, 2.24) is 49.7 Å². The summed E-state index contributed by atoms with van der Waals surface area (Å²) in [4.78, 5) is 70.3. The van der Waals surface area contributed by atoms with Crippen molar-refractivity contribution in [2.45, 2.75) is 149 Å². The van der Waals surface area contributed by atoms with Crippen LogP contribution in [0.2, 0.25) is 0 Å². The molecule has 3 aromatic heterocycles. The van der Waals surface area contributed by atoms with Crippen molar-refractivity contribution in [3.05, 3.63) is 52.1 Å². The summed E-state index contributed by atoms with van der Waals surface area (Å²) >= 11 is 1.47. The van der Waals surface area contributed by atoms with E-state index in [1.54, 1.807) is 7.11 Å². The summed E-state index contributed by atoms with van der Waals surface area (Å²) in [5.41, 5.74) is 13.7. The fraction of sp³-hybridized carbons (Fsp3) is 0.689. The topological polar surface area (TPSA) is 199 Å². The number of likely N-dealkylation sites (tertiary alicyclic amines) is 1. The van der Waals surface area contributed by atoms with Gasteiger partial charge in [-0.2, -0.15) is 0 Å². The van der Waals surface area contributed by atoms with E-state index in [9.17, 15) is 19.6 Å². The number of carbonyl (C=O) groups excluding carboxylic acids is 3. The van der Waals surface area contributed by atoms with Gasteiger partial charge in [-0.05, 0) is 133 Å². The highest BCUT2D eigenvalue weighted by Crippen LogP contribution is 2.52. The van der Waals surface area contributed by atoms with E-state index in [-0.39, 0.29) is 69.9 Å². The van der Waals surface area contributed by atoms with E-state index in [0.29, 0.717) is 44.2 Å². The van der Waals surface area contributed by atoms with E-state index in [2.05, 4.69) is 93.9 Å². The average molecular weight is 1140 g/mol. The first-order valence-corrected chi connectivity index (χ1v) is 30.7. The number of piperazine rings is 1. The summed E-state index contributed by atoms with van der Waals surface area (Å²) in [6.07, 6.45) is 8.57. The van der Waals surface area contributed by atoms with Crippen LogP contribution in [0.15, 0.2) is 35.8 Å². The van der Waals surface area contributed by atoms with E-state index in [1.165, 1.54) is 24.2 Å². The number of methoxy groups -OCH3 is 1. The number of ether oxygens (including phenoxy) is 2. The van der Waals surface area contributed by atoms with Crippen LogP contribution >= 0.6 is 11.3 Å². The van der Waals surface area contributed by atoms with E-state index in [1.807, 2.05) is 63.2 Å². The van der Waals surface area contributed by atoms with Crippen molar-refractivity contribution < 1.29 is 36.9 Å². The summed E-state index contributed by atoms with van der Waals surface area (Å²) < 4.78 is 14.6. The van der Waals surface area contributed by atoms with Crippen molar-refractivity contribution in [3.8, 4) is 22.5 Å². The largest absolute Gasteiger partial charge is 0.375 e. The molecule has 7 atom stereocenters. The molecule has 1 spiro atoms. The minimum Gasteiger partial charge on any atom is -0.375 e. The molecule has 81 heavy (non-hydrogen) atoms. The lowest BCUT2D eigenvalue weighted by Gasteiger charge is -2.60. The van der Waals surface area contributed by atoms with Crippen molar-refractivity contribution in [3.63, 3.8) is 0 Å². The Kier molecular flexibility index (Phi) is 19.3. The van der Waals surface area contributed by atoms with Gasteiger partial charge in [0.1, 0.15) is 25.5 Å². The molecule has 0 bridgehead atoms. The van der Waals surface area contributed by atoms with Crippen LogP contribution < -0.4 is 21.3 Å². The molecule has 4 aromatic rings. The summed E-state index contributed by atoms with van der Waals surface area (Å²) in [6.45, 7) is 22.0. The summed E-state index contributed by atoms with van der Waals surface area (Å²) in [5.74, 6) is 0.406. The maximum atomic E-state index is 14.5. The molecule has 0 radical (unpaired) electrons. The third kappa shape index (κ3) is 13.8. The van der Waals surface area contributed by atoms with Crippen molar-refractivity contribution in [2.24, 2.45) is 28.4 Å².